The monoisotopic (exact) mass is 354 g/mol. The second-order valence-corrected chi connectivity index (χ2v) is 6.75. The molecule has 0 bridgehead atoms. The lowest BCUT2D eigenvalue weighted by Crippen LogP contribution is -2.07. The largest absolute Gasteiger partial charge is 0.465 e. The van der Waals surface area contributed by atoms with Gasteiger partial charge in [-0.1, -0.05) is 18.2 Å². The molecule has 0 unspecified atom stereocenters. The summed E-state index contributed by atoms with van der Waals surface area (Å²) in [7, 11) is -2.41. The molecule has 0 atom stereocenters. The van der Waals surface area contributed by atoms with Crippen LogP contribution in [0.15, 0.2) is 62.8 Å². The molecule has 0 aromatic heterocycles. The van der Waals surface area contributed by atoms with E-state index in [1.54, 1.807) is 18.2 Å². The third-order valence-corrected chi connectivity index (χ3v) is 5.17. The molecule has 2 aromatic carbocycles. The molecule has 2 aromatic rings. The van der Waals surface area contributed by atoms with Gasteiger partial charge in [-0.05, 0) is 46.3 Å². The van der Waals surface area contributed by atoms with Crippen LogP contribution in [0.25, 0.3) is 0 Å². The van der Waals surface area contributed by atoms with Crippen LogP contribution in [0.3, 0.4) is 0 Å². The second kappa shape index (κ2) is 5.76. The van der Waals surface area contributed by atoms with Crippen molar-refractivity contribution in [3.8, 4) is 0 Å². The molecule has 0 heterocycles. The van der Waals surface area contributed by atoms with Gasteiger partial charge in [-0.15, -0.1) is 0 Å². The van der Waals surface area contributed by atoms with E-state index in [2.05, 4.69) is 20.7 Å². The molecule has 4 nitrogen and oxygen atoms in total. The van der Waals surface area contributed by atoms with Crippen molar-refractivity contribution in [1.29, 1.82) is 0 Å². The maximum absolute atomic E-state index is 12.4. The first-order valence-corrected chi connectivity index (χ1v) is 7.92. The molecule has 0 saturated heterocycles. The molecule has 2 rings (SSSR count). The summed E-state index contributed by atoms with van der Waals surface area (Å²) in [6.07, 6.45) is 0. The van der Waals surface area contributed by atoms with Crippen LogP contribution in [0.4, 0.5) is 0 Å². The summed E-state index contributed by atoms with van der Waals surface area (Å²) in [6.45, 7) is 0. The van der Waals surface area contributed by atoms with Crippen LogP contribution in [0.1, 0.15) is 10.4 Å². The average molecular weight is 355 g/mol. The minimum Gasteiger partial charge on any atom is -0.465 e. The van der Waals surface area contributed by atoms with Crippen LogP contribution in [0, 0.1) is 0 Å². The smallest absolute Gasteiger partial charge is 0.339 e. The maximum atomic E-state index is 12.4. The van der Waals surface area contributed by atoms with Crippen LogP contribution < -0.4 is 0 Å². The van der Waals surface area contributed by atoms with Crippen LogP contribution >= 0.6 is 15.9 Å². The first-order valence-electron chi connectivity index (χ1n) is 5.65. The number of rotatable bonds is 3. The van der Waals surface area contributed by atoms with Crippen LogP contribution in [0.2, 0.25) is 0 Å². The van der Waals surface area contributed by atoms with Gasteiger partial charge in [-0.25, -0.2) is 13.2 Å². The number of sulfone groups is 1. The van der Waals surface area contributed by atoms with Gasteiger partial charge in [0.05, 0.1) is 22.5 Å². The SMILES string of the molecule is COC(=O)c1cc(S(=O)(=O)c2ccccc2)ccc1Br. The summed E-state index contributed by atoms with van der Waals surface area (Å²) in [5, 5.41) is 0. The van der Waals surface area contributed by atoms with Gasteiger partial charge in [-0.2, -0.15) is 0 Å². The average Bonchev–Trinajstić information content (AvgIpc) is 2.47. The Kier molecular flexibility index (Phi) is 4.25. The zero-order chi connectivity index (χ0) is 14.8. The van der Waals surface area contributed by atoms with Crippen molar-refractivity contribution in [2.45, 2.75) is 9.79 Å². The molecule has 0 radical (unpaired) electrons. The third-order valence-electron chi connectivity index (χ3n) is 2.71. The summed E-state index contributed by atoms with van der Waals surface area (Å²) in [6, 6.07) is 12.3. The van der Waals surface area contributed by atoms with E-state index in [0.717, 1.165) is 0 Å². The van der Waals surface area contributed by atoms with E-state index in [9.17, 15) is 13.2 Å². The van der Waals surface area contributed by atoms with Crippen molar-refractivity contribution in [3.05, 3.63) is 58.6 Å². The maximum Gasteiger partial charge on any atom is 0.339 e. The molecule has 0 aliphatic carbocycles. The number of hydrogen-bond donors (Lipinski definition) is 0. The first kappa shape index (κ1) is 14.7. The van der Waals surface area contributed by atoms with Gasteiger partial charge < -0.3 is 4.74 Å². The molecule has 6 heteroatoms. The molecule has 0 aliphatic heterocycles. The number of ether oxygens (including phenoxy) is 1. The summed E-state index contributed by atoms with van der Waals surface area (Å²) in [5.74, 6) is -0.595. The van der Waals surface area contributed by atoms with Crippen molar-refractivity contribution < 1.29 is 17.9 Å². The molecule has 0 N–H and O–H groups in total. The van der Waals surface area contributed by atoms with Gasteiger partial charge in [0.1, 0.15) is 0 Å². The number of halogens is 1. The molecule has 0 saturated carbocycles. The number of esters is 1. The topological polar surface area (TPSA) is 60.4 Å². The van der Waals surface area contributed by atoms with Crippen LogP contribution in [-0.4, -0.2) is 21.5 Å². The highest BCUT2D eigenvalue weighted by atomic mass is 79.9. The zero-order valence-corrected chi connectivity index (χ0v) is 12.9. The Balaban J connectivity index is 2.57. The van der Waals surface area contributed by atoms with E-state index in [-0.39, 0.29) is 15.4 Å². The number of carbonyl (C=O) groups is 1. The molecule has 104 valence electrons. The van der Waals surface area contributed by atoms with E-state index in [1.165, 1.54) is 37.4 Å². The number of hydrogen-bond acceptors (Lipinski definition) is 4. The lowest BCUT2D eigenvalue weighted by atomic mass is 10.2. The number of methoxy groups -OCH3 is 1. The summed E-state index contributed by atoms with van der Waals surface area (Å²) >= 11 is 3.20. The van der Waals surface area contributed by atoms with Crippen LogP contribution in [0.5, 0.6) is 0 Å². The molecule has 0 fully saturated rings. The lowest BCUT2D eigenvalue weighted by molar-refractivity contribution is 0.0599. The first-order chi connectivity index (χ1) is 9.46. The van der Waals surface area contributed by atoms with Gasteiger partial charge in [0.2, 0.25) is 9.84 Å². The predicted molar refractivity (Wildman–Crippen MR) is 77.4 cm³/mol. The van der Waals surface area contributed by atoms with E-state index in [1.807, 2.05) is 0 Å². The minimum absolute atomic E-state index is 0.0484. The number of benzene rings is 2. The molecular formula is C14H11BrO4S. The Morgan fingerprint density at radius 3 is 2.30 bits per heavy atom. The normalized spacial score (nSPS) is 11.1. The quantitative estimate of drug-likeness (QED) is 0.794. The van der Waals surface area contributed by atoms with Crippen molar-refractivity contribution in [1.82, 2.24) is 0 Å². The van der Waals surface area contributed by atoms with E-state index in [0.29, 0.717) is 4.47 Å². The fourth-order valence-corrected chi connectivity index (χ4v) is 3.39. The molecule has 0 spiro atoms. The van der Waals surface area contributed by atoms with Crippen LogP contribution in [-0.2, 0) is 14.6 Å². The highest BCUT2D eigenvalue weighted by Crippen LogP contribution is 2.26. The third kappa shape index (κ3) is 2.76. The molecule has 0 amide bonds. The summed E-state index contributed by atoms with van der Waals surface area (Å²) in [4.78, 5) is 11.8. The molecule has 20 heavy (non-hydrogen) atoms. The van der Waals surface area contributed by atoms with Gasteiger partial charge >= 0.3 is 5.97 Å². The summed E-state index contributed by atoms with van der Waals surface area (Å²) < 4.78 is 30.0. The number of carbonyl (C=O) groups excluding carboxylic acids is 1. The highest BCUT2D eigenvalue weighted by Gasteiger charge is 2.20. The van der Waals surface area contributed by atoms with E-state index >= 15 is 0 Å². The lowest BCUT2D eigenvalue weighted by Gasteiger charge is -2.07. The fraction of sp³-hybridized carbons (Fsp3) is 0.0714. The Hall–Kier alpha value is -1.66. The fourth-order valence-electron chi connectivity index (χ4n) is 1.67. The van der Waals surface area contributed by atoms with Crippen molar-refractivity contribution in [3.63, 3.8) is 0 Å². The van der Waals surface area contributed by atoms with Gasteiger partial charge in [-0.3, -0.25) is 0 Å². The van der Waals surface area contributed by atoms with Crippen molar-refractivity contribution in [2.75, 3.05) is 7.11 Å². The minimum atomic E-state index is -3.65. The Morgan fingerprint density at radius 2 is 1.70 bits per heavy atom. The van der Waals surface area contributed by atoms with Gasteiger partial charge in [0.25, 0.3) is 0 Å². The summed E-state index contributed by atoms with van der Waals surface area (Å²) in [5.41, 5.74) is 0.171. The van der Waals surface area contributed by atoms with Crippen molar-refractivity contribution in [2.24, 2.45) is 0 Å². The standard InChI is InChI=1S/C14H11BrO4S/c1-19-14(16)12-9-11(7-8-13(12)15)20(17,18)10-5-3-2-4-6-10/h2-9H,1H3. The van der Waals surface area contributed by atoms with E-state index < -0.39 is 15.8 Å². The molecule has 0 aliphatic rings. The Bertz CT molecular complexity index is 739. The highest BCUT2D eigenvalue weighted by molar-refractivity contribution is 9.10. The van der Waals surface area contributed by atoms with Crippen molar-refractivity contribution >= 4 is 31.7 Å². The van der Waals surface area contributed by atoms with Gasteiger partial charge in [0, 0.05) is 4.47 Å². The van der Waals surface area contributed by atoms with E-state index in [4.69, 9.17) is 0 Å². The predicted octanol–water partition coefficient (Wildman–Crippen LogP) is 3.07. The zero-order valence-electron chi connectivity index (χ0n) is 10.5. The van der Waals surface area contributed by atoms with Gasteiger partial charge in [0.15, 0.2) is 0 Å². The Morgan fingerprint density at radius 1 is 1.05 bits per heavy atom. The Labute approximate surface area is 125 Å². The second-order valence-electron chi connectivity index (χ2n) is 3.95. The molecular weight excluding hydrogens is 344 g/mol.